The summed E-state index contributed by atoms with van der Waals surface area (Å²) in [6.45, 7) is 9.90. The highest BCUT2D eigenvalue weighted by molar-refractivity contribution is 7.91. The van der Waals surface area contributed by atoms with Crippen molar-refractivity contribution in [3.05, 3.63) is 42.0 Å². The third-order valence-electron chi connectivity index (χ3n) is 2.89. The summed E-state index contributed by atoms with van der Waals surface area (Å²) in [5, 5.41) is 0. The first-order chi connectivity index (χ1) is 7.83. The van der Waals surface area contributed by atoms with Gasteiger partial charge < -0.3 is 0 Å². The molecule has 3 heteroatoms. The Morgan fingerprint density at radius 2 is 1.76 bits per heavy atom. The highest BCUT2D eigenvalue weighted by Crippen LogP contribution is 2.17. The van der Waals surface area contributed by atoms with E-state index >= 15 is 0 Å². The first-order valence-corrected chi connectivity index (χ1v) is 7.45. The number of hydrogen-bond donors (Lipinski definition) is 0. The van der Waals surface area contributed by atoms with E-state index in [2.05, 4.69) is 6.58 Å². The monoisotopic (exact) mass is 252 g/mol. The number of rotatable bonds is 5. The van der Waals surface area contributed by atoms with Gasteiger partial charge in [0.15, 0.2) is 9.84 Å². The molecule has 0 bridgehead atoms. The largest absolute Gasteiger partial charge is 0.224 e. The molecular weight excluding hydrogens is 232 g/mol. The van der Waals surface area contributed by atoms with Gasteiger partial charge in [0.25, 0.3) is 0 Å². The van der Waals surface area contributed by atoms with Crippen LogP contribution >= 0.6 is 0 Å². The minimum atomic E-state index is -3.17. The molecule has 2 nitrogen and oxygen atoms in total. The molecule has 0 atom stereocenters. The fourth-order valence-electron chi connectivity index (χ4n) is 1.42. The van der Waals surface area contributed by atoms with Crippen molar-refractivity contribution in [2.45, 2.75) is 32.1 Å². The molecule has 0 spiro atoms. The summed E-state index contributed by atoms with van der Waals surface area (Å²) in [5.74, 6) is 0.482. The molecule has 17 heavy (non-hydrogen) atoms. The molecule has 0 radical (unpaired) electrons. The van der Waals surface area contributed by atoms with Gasteiger partial charge in [0.2, 0.25) is 0 Å². The fourth-order valence-corrected chi connectivity index (χ4v) is 2.73. The van der Waals surface area contributed by atoms with Crippen LogP contribution in [0.2, 0.25) is 0 Å². The van der Waals surface area contributed by atoms with Crippen molar-refractivity contribution in [1.82, 2.24) is 0 Å². The number of aryl methyl sites for hydroxylation is 1. The average molecular weight is 252 g/mol. The van der Waals surface area contributed by atoms with Crippen molar-refractivity contribution < 1.29 is 8.42 Å². The number of allylic oxidation sites excluding steroid dienone is 1. The van der Waals surface area contributed by atoms with Gasteiger partial charge in [-0.2, -0.15) is 0 Å². The molecule has 1 aromatic carbocycles. The van der Waals surface area contributed by atoms with Crippen molar-refractivity contribution in [1.29, 1.82) is 0 Å². The van der Waals surface area contributed by atoms with E-state index in [9.17, 15) is 8.42 Å². The van der Waals surface area contributed by atoms with Crippen LogP contribution in [-0.2, 0) is 9.84 Å². The standard InChI is InChI=1S/C14H20O2S/c1-11(2)13(4)9-10-17(15,16)14-7-5-12(3)6-8-14/h5-8,11H,4,9-10H2,1-3H3. The highest BCUT2D eigenvalue weighted by atomic mass is 32.2. The summed E-state index contributed by atoms with van der Waals surface area (Å²) in [4.78, 5) is 0.402. The second-order valence-electron chi connectivity index (χ2n) is 4.69. The van der Waals surface area contributed by atoms with E-state index in [1.165, 1.54) is 0 Å². The predicted molar refractivity (Wildman–Crippen MR) is 71.8 cm³/mol. The van der Waals surface area contributed by atoms with Crippen molar-refractivity contribution in [2.24, 2.45) is 5.92 Å². The Kier molecular flexibility index (Phi) is 4.52. The zero-order valence-corrected chi connectivity index (χ0v) is 11.5. The molecule has 1 aromatic rings. The van der Waals surface area contributed by atoms with Gasteiger partial charge in [0, 0.05) is 0 Å². The normalized spacial score (nSPS) is 11.8. The highest BCUT2D eigenvalue weighted by Gasteiger charge is 2.15. The van der Waals surface area contributed by atoms with Crippen molar-refractivity contribution in [3.8, 4) is 0 Å². The van der Waals surface area contributed by atoms with E-state index in [4.69, 9.17) is 0 Å². The Bertz CT molecular complexity index is 481. The van der Waals surface area contributed by atoms with Gasteiger partial charge in [0.1, 0.15) is 0 Å². The average Bonchev–Trinajstić information content (AvgIpc) is 2.26. The van der Waals surface area contributed by atoms with Gasteiger partial charge in [0.05, 0.1) is 10.6 Å². The lowest BCUT2D eigenvalue weighted by molar-refractivity contribution is 0.593. The zero-order valence-electron chi connectivity index (χ0n) is 10.7. The summed E-state index contributed by atoms with van der Waals surface area (Å²) in [5.41, 5.74) is 2.05. The van der Waals surface area contributed by atoms with Crippen molar-refractivity contribution >= 4 is 9.84 Å². The molecule has 1 rings (SSSR count). The molecule has 0 unspecified atom stereocenters. The van der Waals surface area contributed by atoms with E-state index in [1.807, 2.05) is 32.9 Å². The summed E-state index contributed by atoms with van der Waals surface area (Å²) in [7, 11) is -3.17. The van der Waals surface area contributed by atoms with Crippen LogP contribution in [0.4, 0.5) is 0 Å². The zero-order chi connectivity index (χ0) is 13.1. The van der Waals surface area contributed by atoms with Crippen molar-refractivity contribution in [3.63, 3.8) is 0 Å². The number of hydrogen-bond acceptors (Lipinski definition) is 2. The molecule has 0 heterocycles. The summed E-state index contributed by atoms with van der Waals surface area (Å²) < 4.78 is 24.1. The molecule has 0 fully saturated rings. The summed E-state index contributed by atoms with van der Waals surface area (Å²) in [6.07, 6.45) is 0.536. The maximum absolute atomic E-state index is 12.0. The van der Waals surface area contributed by atoms with Crippen LogP contribution in [0.15, 0.2) is 41.3 Å². The quantitative estimate of drug-likeness (QED) is 0.753. The first-order valence-electron chi connectivity index (χ1n) is 5.80. The molecule has 0 saturated carbocycles. The first kappa shape index (κ1) is 14.0. The van der Waals surface area contributed by atoms with Crippen LogP contribution in [0.1, 0.15) is 25.8 Å². The van der Waals surface area contributed by atoms with E-state index < -0.39 is 9.84 Å². The third-order valence-corrected chi connectivity index (χ3v) is 4.62. The molecular formula is C14H20O2S. The molecule has 0 saturated heterocycles. The molecule has 0 amide bonds. The van der Waals surface area contributed by atoms with Crippen LogP contribution in [0, 0.1) is 12.8 Å². The maximum atomic E-state index is 12.0. The van der Waals surface area contributed by atoms with E-state index in [0.717, 1.165) is 11.1 Å². The van der Waals surface area contributed by atoms with Gasteiger partial charge in [-0.15, -0.1) is 0 Å². The van der Waals surface area contributed by atoms with E-state index in [0.29, 0.717) is 17.2 Å². The van der Waals surface area contributed by atoms with Crippen LogP contribution in [0.5, 0.6) is 0 Å². The second kappa shape index (κ2) is 5.50. The Morgan fingerprint density at radius 1 is 1.24 bits per heavy atom. The topological polar surface area (TPSA) is 34.1 Å². The third kappa shape index (κ3) is 4.00. The second-order valence-corrected chi connectivity index (χ2v) is 6.80. The maximum Gasteiger partial charge on any atom is 0.178 e. The fraction of sp³-hybridized carbons (Fsp3) is 0.429. The van der Waals surface area contributed by atoms with Gasteiger partial charge in [-0.3, -0.25) is 0 Å². The van der Waals surface area contributed by atoms with Crippen LogP contribution in [0.25, 0.3) is 0 Å². The van der Waals surface area contributed by atoms with Gasteiger partial charge in [-0.05, 0) is 31.4 Å². The van der Waals surface area contributed by atoms with Crippen LogP contribution in [-0.4, -0.2) is 14.2 Å². The Hall–Kier alpha value is -1.09. The van der Waals surface area contributed by atoms with E-state index in [-0.39, 0.29) is 5.75 Å². The van der Waals surface area contributed by atoms with Crippen LogP contribution in [0.3, 0.4) is 0 Å². The minimum absolute atomic E-state index is 0.146. The Labute approximate surface area is 104 Å². The Morgan fingerprint density at radius 3 is 2.24 bits per heavy atom. The van der Waals surface area contributed by atoms with Gasteiger partial charge >= 0.3 is 0 Å². The minimum Gasteiger partial charge on any atom is -0.224 e. The summed E-state index contributed by atoms with van der Waals surface area (Å²) >= 11 is 0. The van der Waals surface area contributed by atoms with Gasteiger partial charge in [-0.25, -0.2) is 8.42 Å². The number of sulfone groups is 1. The predicted octanol–water partition coefficient (Wildman–Crippen LogP) is 3.37. The molecule has 94 valence electrons. The Balaban J connectivity index is 2.76. The smallest absolute Gasteiger partial charge is 0.178 e. The van der Waals surface area contributed by atoms with Crippen LogP contribution < -0.4 is 0 Å². The molecule has 0 aliphatic rings. The molecule has 0 aromatic heterocycles. The lowest BCUT2D eigenvalue weighted by Gasteiger charge is -2.09. The number of benzene rings is 1. The lowest BCUT2D eigenvalue weighted by Crippen LogP contribution is -2.09. The summed E-state index contributed by atoms with van der Waals surface area (Å²) in [6, 6.07) is 6.99. The molecule has 0 aliphatic heterocycles. The SMILES string of the molecule is C=C(CCS(=O)(=O)c1ccc(C)cc1)C(C)C. The lowest BCUT2D eigenvalue weighted by atomic mass is 10.0. The molecule has 0 N–H and O–H groups in total. The van der Waals surface area contributed by atoms with Gasteiger partial charge in [-0.1, -0.05) is 43.7 Å². The van der Waals surface area contributed by atoms with Crippen molar-refractivity contribution in [2.75, 3.05) is 5.75 Å². The molecule has 0 aliphatic carbocycles. The van der Waals surface area contributed by atoms with E-state index in [1.54, 1.807) is 12.1 Å².